The van der Waals surface area contributed by atoms with Gasteiger partial charge in [0.2, 0.25) is 23.6 Å². The molecule has 0 spiro atoms. The first-order valence-electron chi connectivity index (χ1n) is 14.5. The highest BCUT2D eigenvalue weighted by Gasteiger charge is 2.30. The molecule has 0 fully saturated rings. The summed E-state index contributed by atoms with van der Waals surface area (Å²) < 4.78 is 0. The van der Waals surface area contributed by atoms with Crippen LogP contribution in [0.1, 0.15) is 79.2 Å². The van der Waals surface area contributed by atoms with Crippen molar-refractivity contribution in [3.8, 4) is 0 Å². The molecule has 10 nitrogen and oxygen atoms in total. The molecule has 0 aliphatic heterocycles. The largest absolute Gasteiger partial charge is 0.513 e. The van der Waals surface area contributed by atoms with E-state index in [0.29, 0.717) is 6.42 Å². The first kappa shape index (κ1) is 36.1. The van der Waals surface area contributed by atoms with E-state index in [0.717, 1.165) is 31.3 Å². The second-order valence-corrected chi connectivity index (χ2v) is 11.0. The molecule has 0 saturated carbocycles. The zero-order valence-corrected chi connectivity index (χ0v) is 25.8. The number of Topliss-reactive ketones (excluding diaryl/α,β-unsaturated/α-hetero) is 1. The van der Waals surface area contributed by atoms with Crippen LogP contribution in [0.4, 0.5) is 0 Å². The smallest absolute Gasteiger partial charge is 0.243 e. The minimum Gasteiger partial charge on any atom is -0.513 e. The van der Waals surface area contributed by atoms with Crippen molar-refractivity contribution in [2.75, 3.05) is 6.54 Å². The fourth-order valence-electron chi connectivity index (χ4n) is 4.16. The Labute approximate surface area is 249 Å². The average molecular weight is 585 g/mol. The third-order valence-electron chi connectivity index (χ3n) is 6.55. The summed E-state index contributed by atoms with van der Waals surface area (Å²) in [6.07, 6.45) is 7.28. The highest BCUT2D eigenvalue weighted by molar-refractivity contribution is 5.95. The highest BCUT2D eigenvalue weighted by atomic mass is 16.3. The number of carbonyl (C=O) groups excluding carboxylic acids is 5. The molecule has 3 atom stereocenters. The Morgan fingerprint density at radius 1 is 0.810 bits per heavy atom. The van der Waals surface area contributed by atoms with Crippen LogP contribution in [0, 0.1) is 5.92 Å². The number of nitrogens with one attached hydrogen (secondary N) is 4. The Morgan fingerprint density at radius 3 is 2.07 bits per heavy atom. The van der Waals surface area contributed by atoms with E-state index < -0.39 is 41.8 Å². The normalized spacial score (nSPS) is 14.0. The van der Waals surface area contributed by atoms with Gasteiger partial charge >= 0.3 is 0 Å². The third-order valence-corrected chi connectivity index (χ3v) is 6.55. The average Bonchev–Trinajstić information content (AvgIpc) is 2.92. The summed E-state index contributed by atoms with van der Waals surface area (Å²) in [4.78, 5) is 62.6. The Kier molecular flexibility index (Phi) is 16.5. The first-order chi connectivity index (χ1) is 19.8. The van der Waals surface area contributed by atoms with Crippen LogP contribution in [0.5, 0.6) is 0 Å². The Morgan fingerprint density at radius 2 is 1.48 bits per heavy atom. The molecular weight excluding hydrogens is 536 g/mol. The molecule has 0 heterocycles. The van der Waals surface area contributed by atoms with Crippen LogP contribution in [0.3, 0.4) is 0 Å². The number of aryl methyl sites for hydroxylation is 1. The van der Waals surface area contributed by atoms with Crippen molar-refractivity contribution in [1.82, 2.24) is 21.3 Å². The van der Waals surface area contributed by atoms with Crippen LogP contribution in [0.15, 0.2) is 53.8 Å². The van der Waals surface area contributed by atoms with Crippen LogP contribution in [-0.2, 0) is 30.4 Å². The molecule has 0 saturated heterocycles. The van der Waals surface area contributed by atoms with E-state index >= 15 is 0 Å². The number of aliphatic hydroxyl groups excluding tert-OH is 1. The molecule has 0 radical (unpaired) electrons. The molecule has 0 bridgehead atoms. The van der Waals surface area contributed by atoms with Crippen molar-refractivity contribution in [3.05, 3.63) is 59.4 Å². The lowest BCUT2D eigenvalue weighted by Crippen LogP contribution is -2.57. The van der Waals surface area contributed by atoms with Crippen molar-refractivity contribution in [1.29, 1.82) is 0 Å². The molecule has 4 amide bonds. The van der Waals surface area contributed by atoms with Crippen LogP contribution in [0.25, 0.3) is 0 Å². The van der Waals surface area contributed by atoms with Gasteiger partial charge in [0.05, 0.1) is 12.3 Å². The van der Waals surface area contributed by atoms with Gasteiger partial charge in [0.15, 0.2) is 5.78 Å². The van der Waals surface area contributed by atoms with Crippen molar-refractivity contribution in [2.45, 2.75) is 98.2 Å². The number of unbranched alkanes of at least 4 members (excludes halogenated alkanes) is 2. The number of rotatable bonds is 18. The monoisotopic (exact) mass is 584 g/mol. The lowest BCUT2D eigenvalue weighted by molar-refractivity contribution is -0.134. The number of allylic oxidation sites excluding steroid dienone is 3. The van der Waals surface area contributed by atoms with Gasteiger partial charge in [0.25, 0.3) is 0 Å². The van der Waals surface area contributed by atoms with E-state index in [2.05, 4.69) is 33.4 Å². The van der Waals surface area contributed by atoms with Gasteiger partial charge in [-0.2, -0.15) is 0 Å². The molecule has 0 aliphatic carbocycles. The lowest BCUT2D eigenvalue weighted by Gasteiger charge is -2.26. The molecule has 5 N–H and O–H groups in total. The summed E-state index contributed by atoms with van der Waals surface area (Å²) in [6.45, 7) is 9.46. The van der Waals surface area contributed by atoms with E-state index in [1.165, 1.54) is 32.4 Å². The van der Waals surface area contributed by atoms with Gasteiger partial charge in [0, 0.05) is 13.3 Å². The first-order valence-corrected chi connectivity index (χ1v) is 14.5. The summed E-state index contributed by atoms with van der Waals surface area (Å²) in [7, 11) is 0. The van der Waals surface area contributed by atoms with Crippen LogP contribution < -0.4 is 21.3 Å². The maximum absolute atomic E-state index is 13.1. The van der Waals surface area contributed by atoms with Gasteiger partial charge in [-0.1, -0.05) is 62.2 Å². The second kappa shape index (κ2) is 19.2. The lowest BCUT2D eigenvalue weighted by atomic mass is 10.0. The maximum Gasteiger partial charge on any atom is 0.243 e. The minimum absolute atomic E-state index is 0.0769. The molecule has 42 heavy (non-hydrogen) atoms. The number of amides is 4. The van der Waals surface area contributed by atoms with Crippen LogP contribution in [0.2, 0.25) is 0 Å². The van der Waals surface area contributed by atoms with Crippen molar-refractivity contribution >= 4 is 29.4 Å². The van der Waals surface area contributed by atoms with Crippen molar-refractivity contribution < 1.29 is 29.1 Å². The highest BCUT2D eigenvalue weighted by Crippen LogP contribution is 2.10. The summed E-state index contributed by atoms with van der Waals surface area (Å²) >= 11 is 0. The molecule has 1 aromatic rings. The summed E-state index contributed by atoms with van der Waals surface area (Å²) in [6, 6.07) is 7.33. The van der Waals surface area contributed by atoms with Gasteiger partial charge in [-0.05, 0) is 64.0 Å². The second-order valence-electron chi connectivity index (χ2n) is 11.0. The third kappa shape index (κ3) is 15.2. The van der Waals surface area contributed by atoms with E-state index in [1.807, 2.05) is 18.2 Å². The van der Waals surface area contributed by atoms with Crippen molar-refractivity contribution in [2.24, 2.45) is 5.92 Å². The number of carbonyl (C=O) groups is 5. The molecule has 1 rings (SSSR count). The Hall–Kier alpha value is -3.95. The summed E-state index contributed by atoms with van der Waals surface area (Å²) in [5.74, 6) is -2.31. The maximum atomic E-state index is 13.1. The van der Waals surface area contributed by atoms with Crippen LogP contribution >= 0.6 is 0 Å². The Balaban J connectivity index is 2.58. The van der Waals surface area contributed by atoms with E-state index in [1.54, 1.807) is 26.8 Å². The zero-order chi connectivity index (χ0) is 31.7. The topological polar surface area (TPSA) is 154 Å². The molecule has 0 unspecified atom stereocenters. The Bertz CT molecular complexity index is 1110. The van der Waals surface area contributed by atoms with Gasteiger partial charge in [0.1, 0.15) is 18.1 Å². The number of hydrogen-bond donors (Lipinski definition) is 5. The number of hydrogen-bond acceptors (Lipinski definition) is 6. The quantitative estimate of drug-likeness (QED) is 0.101. The minimum atomic E-state index is -0.967. The zero-order valence-electron chi connectivity index (χ0n) is 25.8. The predicted molar refractivity (Wildman–Crippen MR) is 163 cm³/mol. The van der Waals surface area contributed by atoms with Gasteiger partial charge in [-0.25, -0.2) is 0 Å². The fraction of sp³-hybridized carbons (Fsp3) is 0.531. The van der Waals surface area contributed by atoms with Gasteiger partial charge in [-0.3, -0.25) is 24.0 Å². The molecular formula is C32H48N4O6. The van der Waals surface area contributed by atoms with Crippen LogP contribution in [-0.4, -0.2) is 59.2 Å². The van der Waals surface area contributed by atoms with E-state index in [9.17, 15) is 29.1 Å². The molecule has 0 aromatic heterocycles. The predicted octanol–water partition coefficient (Wildman–Crippen LogP) is 3.42. The number of ketones is 1. The molecule has 232 valence electrons. The molecule has 1 aromatic carbocycles. The number of aliphatic hydroxyl groups is 1. The van der Waals surface area contributed by atoms with Gasteiger partial charge in [-0.15, -0.1) is 0 Å². The van der Waals surface area contributed by atoms with E-state index in [4.69, 9.17) is 0 Å². The number of benzene rings is 1. The van der Waals surface area contributed by atoms with Crippen molar-refractivity contribution in [3.63, 3.8) is 0 Å². The fourth-order valence-corrected chi connectivity index (χ4v) is 4.16. The molecule has 0 aliphatic rings. The van der Waals surface area contributed by atoms with Gasteiger partial charge < -0.3 is 26.4 Å². The SMILES string of the molecule is CC(=O)N[C@@H](C/C(C)=C/C=C(\C)O)C(=O)N[C@H](C(=O)N[C@@H](C)C(=O)NCC(=O)CCCCCc1ccccc1)C(C)C. The summed E-state index contributed by atoms with van der Waals surface area (Å²) in [5, 5.41) is 19.8. The molecule has 10 heteroatoms. The standard InChI is InChI=1S/C32H48N4O6/c1-21(2)29(36-31(41)28(35-25(6)38)19-22(3)17-18-23(4)37)32(42)34-24(5)30(40)33-20-27(39)16-12-8-11-15-26-13-9-7-10-14-26/h7,9-10,13-14,17-18,21,24,28-29,37H,8,11-12,15-16,19-20H2,1-6H3,(H,33,40)(H,34,42)(H,35,38)(H,36,41)/b22-17+,23-18+/t24-,28-,29-/m0/s1. The van der Waals surface area contributed by atoms with E-state index in [-0.39, 0.29) is 30.4 Å². The summed E-state index contributed by atoms with van der Waals surface area (Å²) in [5.41, 5.74) is 2.00.